The van der Waals surface area contributed by atoms with Crippen LogP contribution >= 0.6 is 0 Å². The summed E-state index contributed by atoms with van der Waals surface area (Å²) in [7, 11) is 0. The fourth-order valence-electron chi connectivity index (χ4n) is 4.66. The van der Waals surface area contributed by atoms with Gasteiger partial charge in [0.1, 0.15) is 19.3 Å². The van der Waals surface area contributed by atoms with Gasteiger partial charge in [-0.3, -0.25) is 4.79 Å². The minimum absolute atomic E-state index is 0.0509. The van der Waals surface area contributed by atoms with Gasteiger partial charge in [-0.1, -0.05) is 11.2 Å². The van der Waals surface area contributed by atoms with Gasteiger partial charge in [-0.15, -0.1) is 0 Å². The van der Waals surface area contributed by atoms with Gasteiger partial charge in [0.2, 0.25) is 11.8 Å². The molecule has 1 saturated heterocycles. The number of rotatable bonds is 11. The van der Waals surface area contributed by atoms with Crippen molar-refractivity contribution in [3.05, 3.63) is 35.5 Å². The summed E-state index contributed by atoms with van der Waals surface area (Å²) >= 11 is 0. The number of aliphatic hydroxyl groups is 1. The molecule has 34 heavy (non-hydrogen) atoms. The Hall–Kier alpha value is -2.65. The van der Waals surface area contributed by atoms with Crippen LogP contribution in [0.1, 0.15) is 74.2 Å². The monoisotopic (exact) mass is 470 g/mol. The predicted octanol–water partition coefficient (Wildman–Crippen LogP) is 2.75. The van der Waals surface area contributed by atoms with Gasteiger partial charge in [0.15, 0.2) is 17.3 Å². The third-order valence-electron chi connectivity index (χ3n) is 6.76. The molecule has 2 N–H and O–H groups in total. The number of hydrogen-bond donors (Lipinski definition) is 2. The van der Waals surface area contributed by atoms with E-state index in [9.17, 15) is 9.90 Å². The molecule has 2 fully saturated rings. The van der Waals surface area contributed by atoms with Crippen LogP contribution in [-0.4, -0.2) is 64.9 Å². The lowest BCUT2D eigenvalue weighted by molar-refractivity contribution is -0.123. The molecule has 9 heteroatoms. The first-order valence-corrected chi connectivity index (χ1v) is 12.6. The van der Waals surface area contributed by atoms with Gasteiger partial charge in [0.05, 0.1) is 6.04 Å². The SMILES string of the molecule is O=C(CCCCc1nc(C2CC2)no1)N[C@H](CN1CCCC1)[C@H](O)c1ccc2c(c1)OCCO2. The fraction of sp³-hybridized carbons (Fsp3) is 0.640. The molecule has 1 aromatic carbocycles. The zero-order valence-corrected chi connectivity index (χ0v) is 19.6. The van der Waals surface area contributed by atoms with Crippen LogP contribution in [0.5, 0.6) is 11.5 Å². The Balaban J connectivity index is 1.15. The van der Waals surface area contributed by atoms with Crippen LogP contribution in [0.2, 0.25) is 0 Å². The van der Waals surface area contributed by atoms with Crippen LogP contribution in [-0.2, 0) is 11.2 Å². The van der Waals surface area contributed by atoms with Gasteiger partial charge >= 0.3 is 0 Å². The number of hydrogen-bond acceptors (Lipinski definition) is 8. The number of aromatic nitrogens is 2. The Morgan fingerprint density at radius 1 is 1.15 bits per heavy atom. The van der Waals surface area contributed by atoms with E-state index in [4.69, 9.17) is 14.0 Å². The Kier molecular flexibility index (Phi) is 7.30. The molecule has 0 bridgehead atoms. The Labute approximate surface area is 199 Å². The number of aliphatic hydroxyl groups excluding tert-OH is 1. The summed E-state index contributed by atoms with van der Waals surface area (Å²) < 4.78 is 16.6. The maximum atomic E-state index is 12.8. The third-order valence-corrected chi connectivity index (χ3v) is 6.76. The molecular weight excluding hydrogens is 436 g/mol. The molecule has 2 atom stereocenters. The summed E-state index contributed by atoms with van der Waals surface area (Å²) in [6.07, 6.45) is 6.38. The smallest absolute Gasteiger partial charge is 0.226 e. The normalized spacial score (nSPS) is 19.7. The van der Waals surface area contributed by atoms with Crippen molar-refractivity contribution in [2.45, 2.75) is 69.4 Å². The number of amides is 1. The number of benzene rings is 1. The van der Waals surface area contributed by atoms with E-state index in [1.165, 1.54) is 0 Å². The van der Waals surface area contributed by atoms with Gasteiger partial charge in [-0.05, 0) is 69.3 Å². The highest BCUT2D eigenvalue weighted by molar-refractivity contribution is 5.76. The first-order chi connectivity index (χ1) is 16.7. The molecule has 0 radical (unpaired) electrons. The summed E-state index contributed by atoms with van der Waals surface area (Å²) in [4.78, 5) is 19.5. The largest absolute Gasteiger partial charge is 0.486 e. The number of likely N-dealkylation sites (tertiary alicyclic amines) is 1. The van der Waals surface area contributed by atoms with Crippen LogP contribution in [0, 0.1) is 0 Å². The van der Waals surface area contributed by atoms with Crippen LogP contribution in [0.4, 0.5) is 0 Å². The van der Waals surface area contributed by atoms with Crippen molar-refractivity contribution in [1.82, 2.24) is 20.4 Å². The lowest BCUT2D eigenvalue weighted by Crippen LogP contribution is -2.46. The molecule has 0 unspecified atom stereocenters. The summed E-state index contributed by atoms with van der Waals surface area (Å²) in [6.45, 7) is 3.62. The van der Waals surface area contributed by atoms with Gasteiger partial charge in [0.25, 0.3) is 0 Å². The van der Waals surface area contributed by atoms with E-state index >= 15 is 0 Å². The molecule has 1 saturated carbocycles. The van der Waals surface area contributed by atoms with Crippen LogP contribution < -0.4 is 14.8 Å². The minimum atomic E-state index is -0.834. The summed E-state index contributed by atoms with van der Waals surface area (Å²) in [5.41, 5.74) is 0.719. The number of fused-ring (bicyclic) bond motifs is 1. The van der Waals surface area contributed by atoms with Gasteiger partial charge < -0.3 is 29.3 Å². The average molecular weight is 471 g/mol. The van der Waals surface area contributed by atoms with Crippen LogP contribution in [0.15, 0.2) is 22.7 Å². The third kappa shape index (κ3) is 5.88. The van der Waals surface area contributed by atoms with E-state index in [0.29, 0.717) is 55.9 Å². The Bertz CT molecular complexity index is 970. The Morgan fingerprint density at radius 2 is 1.94 bits per heavy atom. The number of carbonyl (C=O) groups is 1. The van der Waals surface area contributed by atoms with Crippen molar-refractivity contribution in [3.8, 4) is 11.5 Å². The van der Waals surface area contributed by atoms with Crippen molar-refractivity contribution < 1.29 is 23.9 Å². The molecule has 2 aliphatic heterocycles. The number of nitrogens with one attached hydrogen (secondary N) is 1. The van der Waals surface area contributed by atoms with E-state index in [1.807, 2.05) is 18.2 Å². The quantitative estimate of drug-likeness (QED) is 0.483. The second-order valence-electron chi connectivity index (χ2n) is 9.56. The molecule has 9 nitrogen and oxygen atoms in total. The molecule has 0 spiro atoms. The molecule has 1 amide bonds. The summed E-state index contributed by atoms with van der Waals surface area (Å²) in [6, 6.07) is 5.10. The summed E-state index contributed by atoms with van der Waals surface area (Å²) in [5, 5.41) is 18.3. The van der Waals surface area contributed by atoms with E-state index in [2.05, 4.69) is 20.4 Å². The number of nitrogens with zero attached hydrogens (tertiary/aromatic N) is 3. The van der Waals surface area contributed by atoms with Crippen molar-refractivity contribution in [3.63, 3.8) is 0 Å². The molecule has 2 aromatic rings. The topological polar surface area (TPSA) is 110 Å². The van der Waals surface area contributed by atoms with Gasteiger partial charge in [-0.25, -0.2) is 0 Å². The molecule has 184 valence electrons. The highest BCUT2D eigenvalue weighted by atomic mass is 16.6. The maximum absolute atomic E-state index is 12.8. The zero-order valence-electron chi connectivity index (χ0n) is 19.6. The van der Waals surface area contributed by atoms with Crippen LogP contribution in [0.3, 0.4) is 0 Å². The molecule has 1 aromatic heterocycles. The molecular formula is C25H34N4O5. The average Bonchev–Trinajstić information content (AvgIpc) is 3.37. The number of carbonyl (C=O) groups excluding carboxylic acids is 1. The van der Waals surface area contributed by atoms with Crippen molar-refractivity contribution in [2.24, 2.45) is 0 Å². The minimum Gasteiger partial charge on any atom is -0.486 e. The summed E-state index contributed by atoms with van der Waals surface area (Å²) in [5.74, 6) is 3.24. The first kappa shape index (κ1) is 23.1. The standard InChI is InChI=1S/C25H34N4O5/c30-22(5-1-2-6-23-27-25(28-34-23)17-7-8-17)26-19(16-29-11-3-4-12-29)24(31)18-9-10-20-21(15-18)33-14-13-32-20/h9-10,15,17,19,24,31H,1-8,11-14,16H2,(H,26,30)/t19-,24-/m1/s1. The first-order valence-electron chi connectivity index (χ1n) is 12.6. The second-order valence-corrected chi connectivity index (χ2v) is 9.56. The number of ether oxygens (including phenoxy) is 2. The highest BCUT2D eigenvalue weighted by Crippen LogP contribution is 2.38. The lowest BCUT2D eigenvalue weighted by atomic mass is 10.0. The molecule has 5 rings (SSSR count). The van der Waals surface area contributed by atoms with Crippen LogP contribution in [0.25, 0.3) is 0 Å². The highest BCUT2D eigenvalue weighted by Gasteiger charge is 2.29. The molecule has 3 aliphatic rings. The van der Waals surface area contributed by atoms with E-state index in [-0.39, 0.29) is 5.91 Å². The van der Waals surface area contributed by atoms with Gasteiger partial charge in [-0.2, -0.15) is 4.98 Å². The van der Waals surface area contributed by atoms with Gasteiger partial charge in [0, 0.05) is 25.3 Å². The number of unbranched alkanes of at least 4 members (excludes halogenated alkanes) is 1. The van der Waals surface area contributed by atoms with Crippen molar-refractivity contribution >= 4 is 5.91 Å². The molecule has 1 aliphatic carbocycles. The second kappa shape index (κ2) is 10.7. The lowest BCUT2D eigenvalue weighted by Gasteiger charge is -2.29. The Morgan fingerprint density at radius 3 is 2.74 bits per heavy atom. The maximum Gasteiger partial charge on any atom is 0.226 e. The fourth-order valence-corrected chi connectivity index (χ4v) is 4.66. The molecule has 3 heterocycles. The zero-order chi connectivity index (χ0) is 23.3. The van der Waals surface area contributed by atoms with Crippen molar-refractivity contribution in [2.75, 3.05) is 32.8 Å². The predicted molar refractivity (Wildman–Crippen MR) is 124 cm³/mol. The van der Waals surface area contributed by atoms with E-state index in [0.717, 1.165) is 63.0 Å². The van der Waals surface area contributed by atoms with Crippen molar-refractivity contribution in [1.29, 1.82) is 0 Å². The number of aryl methyl sites for hydroxylation is 1. The van der Waals surface area contributed by atoms with E-state index < -0.39 is 12.1 Å². The van der Waals surface area contributed by atoms with E-state index in [1.54, 1.807) is 0 Å².